The van der Waals surface area contributed by atoms with Crippen molar-refractivity contribution in [3.63, 3.8) is 0 Å². The molecule has 434 valence electrons. The number of carboxylic acid groups (broad SMARTS) is 3. The van der Waals surface area contributed by atoms with Crippen molar-refractivity contribution in [2.45, 2.75) is 109 Å². The molecule has 1 aromatic heterocycles. The summed E-state index contributed by atoms with van der Waals surface area (Å²) in [5.74, 6) is -2.54. The first kappa shape index (κ1) is 63.1. The quantitative estimate of drug-likeness (QED) is 0.0203. The number of amides is 4. The number of carbonyl (C=O) groups excluding carboxylic acids is 4. The number of fused-ring (bicyclic) bond motifs is 1. The third-order valence-electron chi connectivity index (χ3n) is 14.5. The fourth-order valence-electron chi connectivity index (χ4n) is 9.91. The lowest BCUT2D eigenvalue weighted by atomic mass is 9.92. The van der Waals surface area contributed by atoms with Crippen LogP contribution in [-0.4, -0.2) is 203 Å². The Morgan fingerprint density at radius 2 is 1.33 bits per heavy atom. The molecular formula is C57H85N11O11. The number of unbranched alkanes of at least 4 members (excludes halogenated alkanes) is 4. The molecule has 2 aromatic carbocycles. The zero-order valence-electron chi connectivity index (χ0n) is 46.2. The number of hydrogen-bond donors (Lipinski definition) is 7. The molecule has 3 aromatic rings. The number of aryl methyl sites for hydroxylation is 2. The first-order chi connectivity index (χ1) is 38.1. The summed E-state index contributed by atoms with van der Waals surface area (Å²) in [4.78, 5) is 99.8. The van der Waals surface area contributed by atoms with Crippen LogP contribution in [0.5, 0.6) is 5.75 Å². The zero-order valence-corrected chi connectivity index (χ0v) is 46.2. The van der Waals surface area contributed by atoms with Gasteiger partial charge in [-0.3, -0.25) is 63.6 Å². The van der Waals surface area contributed by atoms with Gasteiger partial charge in [0.25, 0.3) is 0 Å². The van der Waals surface area contributed by atoms with Gasteiger partial charge in [-0.25, -0.2) is 0 Å². The Morgan fingerprint density at radius 1 is 0.709 bits per heavy atom. The van der Waals surface area contributed by atoms with Crippen LogP contribution in [0.4, 0.5) is 0 Å². The molecule has 8 N–H and O–H groups in total. The Labute approximate surface area is 464 Å². The van der Waals surface area contributed by atoms with E-state index < -0.39 is 30.0 Å². The molecular weight excluding hydrogens is 1010 g/mol. The van der Waals surface area contributed by atoms with Gasteiger partial charge in [-0.15, -0.1) is 0 Å². The summed E-state index contributed by atoms with van der Waals surface area (Å²) in [6, 6.07) is 15.4. The molecule has 2 fully saturated rings. The lowest BCUT2D eigenvalue weighted by Gasteiger charge is -2.33. The van der Waals surface area contributed by atoms with Gasteiger partial charge in [0.1, 0.15) is 11.9 Å². The van der Waals surface area contributed by atoms with Crippen LogP contribution in [0.2, 0.25) is 0 Å². The highest BCUT2D eigenvalue weighted by Gasteiger charge is 2.24. The van der Waals surface area contributed by atoms with E-state index in [1.807, 2.05) is 34.9 Å². The van der Waals surface area contributed by atoms with Gasteiger partial charge >= 0.3 is 17.9 Å². The second kappa shape index (κ2) is 35.0. The number of benzene rings is 2. The van der Waals surface area contributed by atoms with Gasteiger partial charge in [-0.1, -0.05) is 36.2 Å². The molecule has 4 amide bonds. The third-order valence-corrected chi connectivity index (χ3v) is 14.5. The molecule has 2 aliphatic rings. The van der Waals surface area contributed by atoms with Crippen molar-refractivity contribution in [2.75, 3.05) is 105 Å². The summed E-state index contributed by atoms with van der Waals surface area (Å²) in [7, 11) is 0. The van der Waals surface area contributed by atoms with Gasteiger partial charge in [0.15, 0.2) is 0 Å². The topological polar surface area (TPSA) is 293 Å². The fraction of sp³-hybridized carbons (Fsp3) is 0.596. The normalized spacial score (nSPS) is 16.2. The molecule has 22 heteroatoms. The minimum absolute atomic E-state index is 0.00658. The maximum atomic E-state index is 13.8. The molecule has 2 saturated heterocycles. The van der Waals surface area contributed by atoms with Crippen LogP contribution in [0.15, 0.2) is 59.8 Å². The highest BCUT2D eigenvalue weighted by atomic mass is 16.5. The number of carbonyl (C=O) groups is 7. The number of aliphatic carboxylic acids is 3. The number of nitrogens with two attached hydrogens (primary N) is 1. The molecule has 3 heterocycles. The molecule has 0 bridgehead atoms. The predicted molar refractivity (Wildman–Crippen MR) is 301 cm³/mol. The lowest BCUT2D eigenvalue weighted by molar-refractivity contribution is -0.140. The zero-order chi connectivity index (χ0) is 56.8. The summed E-state index contributed by atoms with van der Waals surface area (Å²) in [5.41, 5.74) is 12.1. The smallest absolute Gasteiger partial charge is 0.317 e. The van der Waals surface area contributed by atoms with Gasteiger partial charge in [0, 0.05) is 103 Å². The first-order valence-electron chi connectivity index (χ1n) is 28.1. The Bertz CT molecular complexity index is 2400. The molecule has 0 aliphatic carbocycles. The third kappa shape index (κ3) is 25.3. The van der Waals surface area contributed by atoms with Crippen molar-refractivity contribution in [1.29, 1.82) is 0 Å². The van der Waals surface area contributed by atoms with Gasteiger partial charge < -0.3 is 41.3 Å². The summed E-state index contributed by atoms with van der Waals surface area (Å²) in [5, 5.41) is 40.0. The number of nitrogens with zero attached hydrogens (tertiary/aromatic N) is 7. The van der Waals surface area contributed by atoms with Crippen molar-refractivity contribution in [1.82, 2.24) is 45.5 Å². The molecule has 22 nitrogen and oxygen atoms in total. The minimum Gasteiger partial charge on any atom is -0.494 e. The van der Waals surface area contributed by atoms with Crippen molar-refractivity contribution in [2.24, 2.45) is 16.8 Å². The number of hydrogen-bond acceptors (Lipinski definition) is 15. The maximum Gasteiger partial charge on any atom is 0.317 e. The average molecular weight is 1100 g/mol. The van der Waals surface area contributed by atoms with Gasteiger partial charge in [0.05, 0.1) is 43.9 Å². The van der Waals surface area contributed by atoms with Crippen LogP contribution >= 0.6 is 0 Å². The minimum atomic E-state index is -1.04. The number of pyridine rings is 1. The number of ether oxygens (including phenoxy) is 1. The van der Waals surface area contributed by atoms with Gasteiger partial charge in [0.2, 0.25) is 23.6 Å². The van der Waals surface area contributed by atoms with Crippen molar-refractivity contribution in [3.8, 4) is 5.75 Å². The van der Waals surface area contributed by atoms with E-state index in [-0.39, 0.29) is 83.2 Å². The highest BCUT2D eigenvalue weighted by molar-refractivity contribution is 6.05. The van der Waals surface area contributed by atoms with E-state index in [4.69, 9.17) is 10.5 Å². The van der Waals surface area contributed by atoms with Crippen LogP contribution in [0.25, 0.3) is 10.9 Å². The number of likely N-dealkylation sites (tertiary alicyclic amines) is 1. The largest absolute Gasteiger partial charge is 0.494 e. The molecule has 1 atom stereocenters. The van der Waals surface area contributed by atoms with Crippen LogP contribution < -0.4 is 26.5 Å². The van der Waals surface area contributed by atoms with Crippen LogP contribution in [0, 0.1) is 12.8 Å². The average Bonchev–Trinajstić information content (AvgIpc) is 3.42. The number of aromatic nitrogens is 1. The molecule has 2 aliphatic heterocycles. The van der Waals surface area contributed by atoms with Crippen LogP contribution in [-0.2, 0) is 35.2 Å². The second-order valence-corrected chi connectivity index (χ2v) is 20.8. The van der Waals surface area contributed by atoms with E-state index in [1.54, 1.807) is 33.2 Å². The highest BCUT2D eigenvalue weighted by Crippen LogP contribution is 2.25. The summed E-state index contributed by atoms with van der Waals surface area (Å²) >= 11 is 0. The molecule has 0 spiro atoms. The maximum absolute atomic E-state index is 13.8. The number of carboxylic acids is 3. The number of piperidine rings is 1. The van der Waals surface area contributed by atoms with Crippen molar-refractivity contribution >= 4 is 58.7 Å². The number of hydrazone groups is 1. The molecule has 0 saturated carbocycles. The van der Waals surface area contributed by atoms with Crippen LogP contribution in [0.3, 0.4) is 0 Å². The molecule has 0 radical (unpaired) electrons. The Kier molecular flexibility index (Phi) is 27.9. The standard InChI is InChI=1S/C57H85N11O11/c1-43-15-17-44(18-16-43)10-8-13-51(69)60-24-7-5-12-50(62-52(70)39-64-29-31-65(40-54(72)73)33-35-67(42-56(76)77)36-34-66(32-30-64)41-55(74)75)63-61-25-6-3-2-4-14-53(71)68-27-22-45(23-28-68)11-9-37-79-46-19-20-49-48(38-46)47(57(58)78)21-26-59-49/h15-21,25-26,38,45,50,63H,2-14,22-24,27-37,39-42H2,1H3,(H2,58,78)(H,60,69)(H,62,70)(H,72,73)(H,74,75)(H,76,77)/b61-25+/t50-/m1/s1. The second-order valence-electron chi connectivity index (χ2n) is 20.8. The first-order valence-corrected chi connectivity index (χ1v) is 28.1. The van der Waals surface area contributed by atoms with E-state index in [0.29, 0.717) is 92.9 Å². The van der Waals surface area contributed by atoms with E-state index in [2.05, 4.69) is 50.4 Å². The Hall–Kier alpha value is -6.75. The molecule has 79 heavy (non-hydrogen) atoms. The van der Waals surface area contributed by atoms with E-state index in [1.165, 1.54) is 11.1 Å². The summed E-state index contributed by atoms with van der Waals surface area (Å²) in [6.45, 7) is 5.99. The fourth-order valence-corrected chi connectivity index (χ4v) is 9.91. The number of rotatable bonds is 32. The Morgan fingerprint density at radius 3 is 1.94 bits per heavy atom. The predicted octanol–water partition coefficient (Wildman–Crippen LogP) is 3.79. The number of nitrogens with one attached hydrogen (secondary N) is 3. The Balaban J connectivity index is 1.04. The van der Waals surface area contributed by atoms with Gasteiger partial charge in [-0.05, 0) is 120 Å². The molecule has 0 unspecified atom stereocenters. The van der Waals surface area contributed by atoms with Crippen molar-refractivity contribution in [3.05, 3.63) is 71.4 Å². The van der Waals surface area contributed by atoms with E-state index in [9.17, 15) is 48.9 Å². The number of primary amides is 1. The summed E-state index contributed by atoms with van der Waals surface area (Å²) in [6.07, 6.45) is 14.1. The van der Waals surface area contributed by atoms with Gasteiger partial charge in [-0.2, -0.15) is 5.10 Å². The summed E-state index contributed by atoms with van der Waals surface area (Å²) < 4.78 is 6.00. The van der Waals surface area contributed by atoms with E-state index in [0.717, 1.165) is 70.9 Å². The monoisotopic (exact) mass is 1100 g/mol. The van der Waals surface area contributed by atoms with Crippen LogP contribution in [0.1, 0.15) is 111 Å². The SMILES string of the molecule is Cc1ccc(CCCC(=O)NCCCC[C@@H](N/N=C/CCCCCC(=O)N2CCC(CCCOc3ccc4nccc(C(N)=O)c4c3)CC2)NC(=O)CN2CCN(CC(=O)O)CCN(CC(=O)O)CCN(CC(=O)O)CC2)cc1. The van der Waals surface area contributed by atoms with E-state index >= 15 is 0 Å². The lowest BCUT2D eigenvalue weighted by Crippen LogP contribution is -2.51. The molecule has 5 rings (SSSR count). The van der Waals surface area contributed by atoms with Crippen molar-refractivity contribution < 1.29 is 53.6 Å².